The lowest BCUT2D eigenvalue weighted by Gasteiger charge is -2.02. The highest BCUT2D eigenvalue weighted by molar-refractivity contribution is 5.61. The van der Waals surface area contributed by atoms with E-state index in [1.165, 1.54) is 0 Å². The minimum atomic E-state index is 0.528. The van der Waals surface area contributed by atoms with Gasteiger partial charge in [0.2, 0.25) is 0 Å². The van der Waals surface area contributed by atoms with Crippen molar-refractivity contribution in [3.8, 4) is 0 Å². The summed E-state index contributed by atoms with van der Waals surface area (Å²) in [6.45, 7) is 4.31. The van der Waals surface area contributed by atoms with E-state index in [4.69, 9.17) is 5.73 Å². The van der Waals surface area contributed by atoms with E-state index in [1.807, 2.05) is 13.2 Å². The Labute approximate surface area is 79.2 Å². The molecule has 0 saturated heterocycles. The molecule has 0 aromatic carbocycles. The molecule has 0 aliphatic rings. The van der Waals surface area contributed by atoms with Gasteiger partial charge in [0.15, 0.2) is 0 Å². The van der Waals surface area contributed by atoms with E-state index in [0.29, 0.717) is 5.92 Å². The second kappa shape index (κ2) is 4.12. The monoisotopic (exact) mass is 179 g/mol. The fraction of sp³-hybridized carbons (Fsp3) is 0.500. The molecule has 0 aliphatic carbocycles. The first-order valence-electron chi connectivity index (χ1n) is 4.59. The fourth-order valence-corrected chi connectivity index (χ4v) is 1.09. The largest absolute Gasteiger partial charge is 0.398 e. The molecular weight excluding hydrogens is 162 g/mol. The number of hydrogen-bond donors (Lipinski definition) is 1. The molecule has 3 nitrogen and oxygen atoms in total. The summed E-state index contributed by atoms with van der Waals surface area (Å²) in [5.41, 5.74) is 7.72. The van der Waals surface area contributed by atoms with E-state index < -0.39 is 0 Å². The Morgan fingerprint density at radius 1 is 1.77 bits per heavy atom. The van der Waals surface area contributed by atoms with Crippen LogP contribution in [0.3, 0.4) is 0 Å². The molecule has 0 amide bonds. The highest BCUT2D eigenvalue weighted by Crippen LogP contribution is 2.12. The van der Waals surface area contributed by atoms with E-state index in [1.54, 1.807) is 10.9 Å². The summed E-state index contributed by atoms with van der Waals surface area (Å²) in [5.74, 6) is 0.528. The van der Waals surface area contributed by atoms with Crippen LogP contribution in [0.2, 0.25) is 0 Å². The van der Waals surface area contributed by atoms with Crippen molar-refractivity contribution >= 4 is 5.70 Å². The number of nitrogens with two attached hydrogens (primary N) is 1. The number of hydrogen-bond acceptors (Lipinski definition) is 2. The summed E-state index contributed by atoms with van der Waals surface area (Å²) in [6, 6.07) is 0. The third kappa shape index (κ3) is 2.61. The molecule has 1 atom stereocenters. The summed E-state index contributed by atoms with van der Waals surface area (Å²) in [6.07, 6.45) is 6.90. The average molecular weight is 179 g/mol. The number of aromatic nitrogens is 2. The third-order valence-electron chi connectivity index (χ3n) is 2.15. The van der Waals surface area contributed by atoms with Gasteiger partial charge in [0, 0.05) is 24.5 Å². The molecule has 13 heavy (non-hydrogen) atoms. The van der Waals surface area contributed by atoms with Crippen molar-refractivity contribution in [1.29, 1.82) is 0 Å². The maximum absolute atomic E-state index is 5.89. The fourth-order valence-electron chi connectivity index (χ4n) is 1.09. The maximum atomic E-state index is 5.89. The Hall–Kier alpha value is -1.25. The van der Waals surface area contributed by atoms with Gasteiger partial charge in [-0.1, -0.05) is 26.3 Å². The Morgan fingerprint density at radius 2 is 2.46 bits per heavy atom. The summed E-state index contributed by atoms with van der Waals surface area (Å²) in [4.78, 5) is 0. The van der Waals surface area contributed by atoms with Crippen molar-refractivity contribution in [2.75, 3.05) is 0 Å². The van der Waals surface area contributed by atoms with Gasteiger partial charge in [-0.3, -0.25) is 4.68 Å². The van der Waals surface area contributed by atoms with Gasteiger partial charge in [-0.2, -0.15) is 5.10 Å². The molecule has 1 aromatic rings. The molecule has 1 unspecified atom stereocenters. The quantitative estimate of drug-likeness (QED) is 0.768. The molecule has 0 fully saturated rings. The number of aryl methyl sites for hydroxylation is 1. The normalized spacial score (nSPS) is 14.5. The molecule has 1 heterocycles. The lowest BCUT2D eigenvalue weighted by atomic mass is 10.1. The van der Waals surface area contributed by atoms with Crippen molar-refractivity contribution in [3.63, 3.8) is 0 Å². The maximum Gasteiger partial charge on any atom is 0.0582 e. The van der Waals surface area contributed by atoms with Gasteiger partial charge in [0.25, 0.3) is 0 Å². The Balaban J connectivity index is 2.78. The first-order chi connectivity index (χ1) is 6.13. The highest BCUT2D eigenvalue weighted by atomic mass is 15.2. The standard InChI is InChI=1S/C10H17N3/c1-4-8(2)5-10(11)9-6-12-13(3)7-9/h5-8H,4,11H2,1-3H3/b10-5-. The van der Waals surface area contributed by atoms with E-state index >= 15 is 0 Å². The van der Waals surface area contributed by atoms with Crippen LogP contribution in [0, 0.1) is 5.92 Å². The molecule has 0 radical (unpaired) electrons. The highest BCUT2D eigenvalue weighted by Gasteiger charge is 2.01. The first kappa shape index (κ1) is 9.84. The van der Waals surface area contributed by atoms with Gasteiger partial charge in [-0.05, 0) is 5.92 Å². The number of allylic oxidation sites excluding steroid dienone is 1. The Kier molecular flexibility index (Phi) is 3.12. The van der Waals surface area contributed by atoms with Crippen LogP contribution in [0.5, 0.6) is 0 Å². The van der Waals surface area contributed by atoms with Gasteiger partial charge in [0.1, 0.15) is 0 Å². The second-order valence-electron chi connectivity index (χ2n) is 3.41. The summed E-state index contributed by atoms with van der Waals surface area (Å²) in [7, 11) is 1.89. The molecule has 0 bridgehead atoms. The van der Waals surface area contributed by atoms with Crippen molar-refractivity contribution in [1.82, 2.24) is 9.78 Å². The zero-order valence-electron chi connectivity index (χ0n) is 8.49. The molecule has 0 saturated carbocycles. The molecule has 1 aromatic heterocycles. The van der Waals surface area contributed by atoms with E-state index in [0.717, 1.165) is 17.7 Å². The second-order valence-corrected chi connectivity index (χ2v) is 3.41. The molecule has 0 spiro atoms. The van der Waals surface area contributed by atoms with Crippen molar-refractivity contribution in [3.05, 3.63) is 24.0 Å². The Morgan fingerprint density at radius 3 is 2.92 bits per heavy atom. The van der Waals surface area contributed by atoms with Crippen LogP contribution in [0.15, 0.2) is 18.5 Å². The van der Waals surface area contributed by atoms with Gasteiger partial charge in [-0.15, -0.1) is 0 Å². The van der Waals surface area contributed by atoms with Crippen LogP contribution in [0.4, 0.5) is 0 Å². The number of nitrogens with zero attached hydrogens (tertiary/aromatic N) is 2. The zero-order valence-corrected chi connectivity index (χ0v) is 8.49. The Bertz CT molecular complexity index is 299. The van der Waals surface area contributed by atoms with Crippen LogP contribution in [0.25, 0.3) is 5.70 Å². The van der Waals surface area contributed by atoms with Crippen LogP contribution in [-0.2, 0) is 7.05 Å². The van der Waals surface area contributed by atoms with Crippen molar-refractivity contribution < 1.29 is 0 Å². The smallest absolute Gasteiger partial charge is 0.0582 e. The van der Waals surface area contributed by atoms with Gasteiger partial charge < -0.3 is 5.73 Å². The van der Waals surface area contributed by atoms with Gasteiger partial charge in [-0.25, -0.2) is 0 Å². The summed E-state index contributed by atoms with van der Waals surface area (Å²) < 4.78 is 1.76. The van der Waals surface area contributed by atoms with Crippen molar-refractivity contribution in [2.24, 2.45) is 18.7 Å². The minimum Gasteiger partial charge on any atom is -0.398 e. The molecule has 72 valence electrons. The van der Waals surface area contributed by atoms with Crippen molar-refractivity contribution in [2.45, 2.75) is 20.3 Å². The third-order valence-corrected chi connectivity index (χ3v) is 2.15. The average Bonchev–Trinajstić information content (AvgIpc) is 2.51. The SMILES string of the molecule is CCC(C)/C=C(\N)c1cnn(C)c1. The van der Waals surface area contributed by atoms with Crippen LogP contribution in [-0.4, -0.2) is 9.78 Å². The zero-order chi connectivity index (χ0) is 9.84. The lowest BCUT2D eigenvalue weighted by molar-refractivity contribution is 0.699. The van der Waals surface area contributed by atoms with E-state index in [2.05, 4.69) is 25.0 Å². The topological polar surface area (TPSA) is 43.8 Å². The molecule has 3 heteroatoms. The molecule has 2 N–H and O–H groups in total. The number of rotatable bonds is 3. The van der Waals surface area contributed by atoms with Crippen LogP contribution >= 0.6 is 0 Å². The molecular formula is C10H17N3. The summed E-state index contributed by atoms with van der Waals surface area (Å²) in [5, 5.41) is 4.07. The van der Waals surface area contributed by atoms with Gasteiger partial charge in [0.05, 0.1) is 6.20 Å². The minimum absolute atomic E-state index is 0.528. The molecule has 1 rings (SSSR count). The predicted octanol–water partition coefficient (Wildman–Crippen LogP) is 1.77. The van der Waals surface area contributed by atoms with Crippen LogP contribution in [0.1, 0.15) is 25.8 Å². The molecule has 0 aliphatic heterocycles. The first-order valence-corrected chi connectivity index (χ1v) is 4.59. The van der Waals surface area contributed by atoms with Crippen LogP contribution < -0.4 is 5.73 Å². The summed E-state index contributed by atoms with van der Waals surface area (Å²) >= 11 is 0. The lowest BCUT2D eigenvalue weighted by Crippen LogP contribution is -1.98. The van der Waals surface area contributed by atoms with E-state index in [9.17, 15) is 0 Å². The van der Waals surface area contributed by atoms with E-state index in [-0.39, 0.29) is 0 Å². The predicted molar refractivity (Wildman–Crippen MR) is 54.8 cm³/mol. The van der Waals surface area contributed by atoms with Gasteiger partial charge >= 0.3 is 0 Å².